The van der Waals surface area contributed by atoms with Crippen molar-refractivity contribution in [2.45, 2.75) is 31.3 Å². The number of nitrogens with two attached hydrogens (primary N) is 1. The average molecular weight is 197 g/mol. The van der Waals surface area contributed by atoms with E-state index in [9.17, 15) is 5.11 Å². The Bertz CT molecular complexity index is 302. The van der Waals surface area contributed by atoms with E-state index in [1.165, 1.54) is 9.75 Å². The van der Waals surface area contributed by atoms with E-state index in [1.54, 1.807) is 11.3 Å². The molecule has 72 valence electrons. The van der Waals surface area contributed by atoms with Crippen molar-refractivity contribution in [1.29, 1.82) is 0 Å². The standard InChI is InChI=1S/C10H15NOS/c1-7-2-3-9(13-7)10(6-11)4-8(12)5-10/h2-3,8,12H,4-6,11H2,1H3. The Labute approximate surface area is 82.4 Å². The first-order valence-electron chi connectivity index (χ1n) is 4.61. The van der Waals surface area contributed by atoms with Gasteiger partial charge in [0.15, 0.2) is 0 Å². The zero-order valence-corrected chi connectivity index (χ0v) is 8.60. The fourth-order valence-corrected chi connectivity index (χ4v) is 3.12. The minimum atomic E-state index is -0.133. The number of hydrogen-bond donors (Lipinski definition) is 2. The fraction of sp³-hybridized carbons (Fsp3) is 0.600. The summed E-state index contributed by atoms with van der Waals surface area (Å²) in [5, 5.41) is 9.33. The number of hydrogen-bond acceptors (Lipinski definition) is 3. The summed E-state index contributed by atoms with van der Waals surface area (Å²) in [7, 11) is 0. The number of thiophene rings is 1. The number of aliphatic hydroxyl groups excluding tert-OH is 1. The Hall–Kier alpha value is -0.380. The first kappa shape index (κ1) is 9.19. The molecule has 0 spiro atoms. The lowest BCUT2D eigenvalue weighted by Crippen LogP contribution is -2.49. The molecular formula is C10H15NOS. The highest BCUT2D eigenvalue weighted by atomic mass is 32.1. The highest BCUT2D eigenvalue weighted by Gasteiger charge is 2.44. The van der Waals surface area contributed by atoms with Gasteiger partial charge in [0.25, 0.3) is 0 Å². The minimum absolute atomic E-state index is 0.0956. The molecule has 3 heteroatoms. The highest BCUT2D eigenvalue weighted by Crippen LogP contribution is 2.45. The topological polar surface area (TPSA) is 46.2 Å². The van der Waals surface area contributed by atoms with Crippen LogP contribution in [0.3, 0.4) is 0 Å². The van der Waals surface area contributed by atoms with Gasteiger partial charge in [0.05, 0.1) is 6.10 Å². The Balaban J connectivity index is 2.23. The van der Waals surface area contributed by atoms with Gasteiger partial charge >= 0.3 is 0 Å². The fourth-order valence-electron chi connectivity index (χ4n) is 2.03. The van der Waals surface area contributed by atoms with E-state index in [1.807, 2.05) is 0 Å². The quantitative estimate of drug-likeness (QED) is 0.753. The molecule has 0 atom stereocenters. The van der Waals surface area contributed by atoms with Crippen molar-refractivity contribution in [3.8, 4) is 0 Å². The van der Waals surface area contributed by atoms with Crippen LogP contribution in [0.1, 0.15) is 22.6 Å². The SMILES string of the molecule is Cc1ccc(C2(CN)CC(O)C2)s1. The minimum Gasteiger partial charge on any atom is -0.393 e. The summed E-state index contributed by atoms with van der Waals surface area (Å²) in [6.07, 6.45) is 1.54. The Kier molecular flexibility index (Phi) is 2.18. The molecule has 0 bridgehead atoms. The van der Waals surface area contributed by atoms with Gasteiger partial charge in [-0.1, -0.05) is 0 Å². The lowest BCUT2D eigenvalue weighted by atomic mass is 9.66. The molecule has 1 fully saturated rings. The van der Waals surface area contributed by atoms with Crippen LogP contribution in [0.2, 0.25) is 0 Å². The van der Waals surface area contributed by atoms with Crippen LogP contribution in [0.4, 0.5) is 0 Å². The molecule has 0 amide bonds. The van der Waals surface area contributed by atoms with Crippen molar-refractivity contribution in [2.24, 2.45) is 5.73 Å². The van der Waals surface area contributed by atoms with Crippen molar-refractivity contribution < 1.29 is 5.11 Å². The molecular weight excluding hydrogens is 182 g/mol. The summed E-state index contributed by atoms with van der Waals surface area (Å²) in [5.41, 5.74) is 5.86. The van der Waals surface area contributed by atoms with E-state index in [0.29, 0.717) is 6.54 Å². The van der Waals surface area contributed by atoms with Crippen molar-refractivity contribution >= 4 is 11.3 Å². The monoisotopic (exact) mass is 197 g/mol. The Morgan fingerprint density at radius 2 is 2.31 bits per heavy atom. The van der Waals surface area contributed by atoms with Crippen LogP contribution in [0, 0.1) is 6.92 Å². The number of aliphatic hydroxyl groups is 1. The van der Waals surface area contributed by atoms with Crippen LogP contribution >= 0.6 is 11.3 Å². The molecule has 0 radical (unpaired) electrons. The van der Waals surface area contributed by atoms with Gasteiger partial charge in [0.1, 0.15) is 0 Å². The van der Waals surface area contributed by atoms with Crippen LogP contribution in [0.15, 0.2) is 12.1 Å². The molecule has 3 N–H and O–H groups in total. The van der Waals surface area contributed by atoms with Gasteiger partial charge in [-0.15, -0.1) is 11.3 Å². The third-order valence-electron chi connectivity index (χ3n) is 2.91. The van der Waals surface area contributed by atoms with Crippen molar-refractivity contribution in [2.75, 3.05) is 6.54 Å². The second-order valence-corrected chi connectivity index (χ2v) is 5.24. The van der Waals surface area contributed by atoms with E-state index in [0.717, 1.165) is 12.8 Å². The van der Waals surface area contributed by atoms with E-state index in [2.05, 4.69) is 19.1 Å². The highest BCUT2D eigenvalue weighted by molar-refractivity contribution is 7.12. The predicted octanol–water partition coefficient (Wildman–Crippen LogP) is 1.41. The molecule has 1 aromatic rings. The molecule has 1 saturated carbocycles. The maximum Gasteiger partial charge on any atom is 0.0558 e. The molecule has 1 aromatic heterocycles. The van der Waals surface area contributed by atoms with Crippen LogP contribution in [-0.2, 0) is 5.41 Å². The normalized spacial score (nSPS) is 33.0. The first-order valence-corrected chi connectivity index (χ1v) is 5.43. The Morgan fingerprint density at radius 1 is 1.62 bits per heavy atom. The second-order valence-electron chi connectivity index (χ2n) is 3.96. The maximum atomic E-state index is 9.33. The van der Waals surface area contributed by atoms with Crippen molar-refractivity contribution in [3.05, 3.63) is 21.9 Å². The summed E-state index contributed by atoms with van der Waals surface area (Å²) in [5.74, 6) is 0. The third kappa shape index (κ3) is 1.41. The third-order valence-corrected chi connectivity index (χ3v) is 4.15. The molecule has 0 aromatic carbocycles. The smallest absolute Gasteiger partial charge is 0.0558 e. The maximum absolute atomic E-state index is 9.33. The molecule has 1 aliphatic rings. The van der Waals surface area contributed by atoms with Gasteiger partial charge in [-0.3, -0.25) is 0 Å². The largest absolute Gasteiger partial charge is 0.393 e. The second kappa shape index (κ2) is 3.08. The molecule has 1 heterocycles. The molecule has 2 rings (SSSR count). The average Bonchev–Trinajstić information content (AvgIpc) is 2.46. The summed E-state index contributed by atoms with van der Waals surface area (Å²) < 4.78 is 0. The summed E-state index contributed by atoms with van der Waals surface area (Å²) >= 11 is 1.81. The van der Waals surface area contributed by atoms with Gasteiger partial charge in [-0.25, -0.2) is 0 Å². The molecule has 2 nitrogen and oxygen atoms in total. The Morgan fingerprint density at radius 3 is 2.69 bits per heavy atom. The van der Waals surface area contributed by atoms with Crippen LogP contribution in [0.5, 0.6) is 0 Å². The summed E-state index contributed by atoms with van der Waals surface area (Å²) in [6.45, 7) is 2.76. The van der Waals surface area contributed by atoms with Gasteiger partial charge in [0.2, 0.25) is 0 Å². The molecule has 1 aliphatic carbocycles. The van der Waals surface area contributed by atoms with Crippen LogP contribution < -0.4 is 5.73 Å². The lowest BCUT2D eigenvalue weighted by Gasteiger charge is -2.44. The summed E-state index contributed by atoms with van der Waals surface area (Å²) in [6, 6.07) is 4.28. The van der Waals surface area contributed by atoms with Gasteiger partial charge in [-0.2, -0.15) is 0 Å². The summed E-state index contributed by atoms with van der Waals surface area (Å²) in [4.78, 5) is 2.67. The van der Waals surface area contributed by atoms with Gasteiger partial charge < -0.3 is 10.8 Å². The molecule has 0 saturated heterocycles. The van der Waals surface area contributed by atoms with E-state index >= 15 is 0 Å². The van der Waals surface area contributed by atoms with E-state index in [-0.39, 0.29) is 11.5 Å². The molecule has 13 heavy (non-hydrogen) atoms. The van der Waals surface area contributed by atoms with Gasteiger partial charge in [-0.05, 0) is 31.9 Å². The van der Waals surface area contributed by atoms with Crippen LogP contribution in [0.25, 0.3) is 0 Å². The first-order chi connectivity index (χ1) is 6.16. The number of rotatable bonds is 2. The lowest BCUT2D eigenvalue weighted by molar-refractivity contribution is 0.0239. The molecule has 0 unspecified atom stereocenters. The van der Waals surface area contributed by atoms with E-state index in [4.69, 9.17) is 5.73 Å². The predicted molar refractivity (Wildman–Crippen MR) is 55.0 cm³/mol. The van der Waals surface area contributed by atoms with Crippen molar-refractivity contribution in [3.63, 3.8) is 0 Å². The van der Waals surface area contributed by atoms with Gasteiger partial charge in [0, 0.05) is 21.7 Å². The van der Waals surface area contributed by atoms with Crippen molar-refractivity contribution in [1.82, 2.24) is 0 Å². The number of aryl methyl sites for hydroxylation is 1. The van der Waals surface area contributed by atoms with E-state index < -0.39 is 0 Å². The molecule has 0 aliphatic heterocycles. The zero-order chi connectivity index (χ0) is 9.47. The zero-order valence-electron chi connectivity index (χ0n) is 7.79. The van der Waals surface area contributed by atoms with Crippen LogP contribution in [-0.4, -0.2) is 17.8 Å².